The topological polar surface area (TPSA) is 52.3 Å². The van der Waals surface area contributed by atoms with Crippen LogP contribution in [0.5, 0.6) is 0 Å². The second-order valence-electron chi connectivity index (χ2n) is 3.25. The zero-order valence-electron chi connectivity index (χ0n) is 8.90. The van der Waals surface area contributed by atoms with Gasteiger partial charge < -0.3 is 10.5 Å². The molecule has 0 fully saturated rings. The molecule has 0 radical (unpaired) electrons. The minimum atomic E-state index is -0.190. The molecular formula is C11H15NO2S. The average Bonchev–Trinajstić information content (AvgIpc) is 2.21. The molecule has 2 N–H and O–H groups in total. The molecule has 15 heavy (non-hydrogen) atoms. The predicted octanol–water partition coefficient (Wildman–Crippen LogP) is 2.31. The lowest BCUT2D eigenvalue weighted by Crippen LogP contribution is -2.08. The summed E-state index contributed by atoms with van der Waals surface area (Å²) in [4.78, 5) is 12.0. The number of para-hydroxylation sites is 1. The summed E-state index contributed by atoms with van der Waals surface area (Å²) in [6.07, 6.45) is 0.398. The molecule has 0 spiro atoms. The second-order valence-corrected chi connectivity index (χ2v) is 4.73. The summed E-state index contributed by atoms with van der Waals surface area (Å²) in [5, 5.41) is 0.169. The predicted molar refractivity (Wildman–Crippen MR) is 62.8 cm³/mol. The molecule has 0 aliphatic carbocycles. The van der Waals surface area contributed by atoms with Gasteiger partial charge in [0.1, 0.15) is 0 Å². The molecule has 0 saturated carbocycles. The standard InChI is InChI=1S/C11H15NO2S/c1-8(7-11(13)14-2)15-10-6-4-3-5-9(10)12/h3-6,8H,7,12H2,1-2H3. The van der Waals surface area contributed by atoms with Gasteiger partial charge in [0.05, 0.1) is 13.5 Å². The van der Waals surface area contributed by atoms with Crippen molar-refractivity contribution in [3.05, 3.63) is 24.3 Å². The third kappa shape index (κ3) is 3.83. The normalized spacial score (nSPS) is 12.1. The summed E-state index contributed by atoms with van der Waals surface area (Å²) in [5.74, 6) is -0.190. The zero-order valence-corrected chi connectivity index (χ0v) is 9.71. The number of thioether (sulfide) groups is 1. The van der Waals surface area contributed by atoms with E-state index in [2.05, 4.69) is 4.74 Å². The van der Waals surface area contributed by atoms with E-state index in [0.29, 0.717) is 6.42 Å². The van der Waals surface area contributed by atoms with Gasteiger partial charge in [0.2, 0.25) is 0 Å². The van der Waals surface area contributed by atoms with E-state index in [1.54, 1.807) is 11.8 Å². The average molecular weight is 225 g/mol. The number of hydrogen-bond donors (Lipinski definition) is 1. The Kier molecular flexibility index (Phi) is 4.49. The van der Waals surface area contributed by atoms with Crippen molar-refractivity contribution in [3.63, 3.8) is 0 Å². The van der Waals surface area contributed by atoms with E-state index in [0.717, 1.165) is 10.6 Å². The summed E-state index contributed by atoms with van der Waals surface area (Å²) in [6, 6.07) is 7.63. The number of benzene rings is 1. The van der Waals surface area contributed by atoms with Crippen LogP contribution in [0.15, 0.2) is 29.2 Å². The Bertz CT molecular complexity index is 341. The highest BCUT2D eigenvalue weighted by Crippen LogP contribution is 2.29. The first-order valence-electron chi connectivity index (χ1n) is 4.71. The minimum absolute atomic E-state index is 0.169. The Labute approximate surface area is 94.0 Å². The molecule has 1 rings (SSSR count). The molecule has 3 nitrogen and oxygen atoms in total. The lowest BCUT2D eigenvalue weighted by atomic mass is 10.3. The molecule has 0 aliphatic rings. The van der Waals surface area contributed by atoms with Gasteiger partial charge in [-0.25, -0.2) is 0 Å². The van der Waals surface area contributed by atoms with E-state index in [-0.39, 0.29) is 11.2 Å². The molecule has 0 heterocycles. The fourth-order valence-corrected chi connectivity index (χ4v) is 2.18. The first-order chi connectivity index (χ1) is 7.13. The summed E-state index contributed by atoms with van der Waals surface area (Å²) in [7, 11) is 1.40. The fourth-order valence-electron chi connectivity index (χ4n) is 1.16. The number of carbonyl (C=O) groups excluding carboxylic acids is 1. The van der Waals surface area contributed by atoms with E-state index >= 15 is 0 Å². The number of carbonyl (C=O) groups is 1. The third-order valence-corrected chi connectivity index (χ3v) is 3.12. The van der Waals surface area contributed by atoms with Crippen LogP contribution in [0.2, 0.25) is 0 Å². The fraction of sp³-hybridized carbons (Fsp3) is 0.364. The summed E-state index contributed by atoms with van der Waals surface area (Å²) in [5.41, 5.74) is 6.54. The number of esters is 1. The summed E-state index contributed by atoms with van der Waals surface area (Å²) < 4.78 is 4.61. The highest BCUT2D eigenvalue weighted by atomic mass is 32.2. The number of nitrogens with two attached hydrogens (primary N) is 1. The molecule has 1 unspecified atom stereocenters. The highest BCUT2D eigenvalue weighted by molar-refractivity contribution is 8.00. The van der Waals surface area contributed by atoms with E-state index in [1.807, 2.05) is 31.2 Å². The molecule has 0 bridgehead atoms. The number of anilines is 1. The van der Waals surface area contributed by atoms with Crippen molar-refractivity contribution >= 4 is 23.4 Å². The molecule has 0 aliphatic heterocycles. The quantitative estimate of drug-likeness (QED) is 0.485. The first-order valence-corrected chi connectivity index (χ1v) is 5.59. The van der Waals surface area contributed by atoms with Crippen LogP contribution >= 0.6 is 11.8 Å². The lowest BCUT2D eigenvalue weighted by molar-refractivity contribution is -0.140. The van der Waals surface area contributed by atoms with E-state index in [1.165, 1.54) is 7.11 Å². The van der Waals surface area contributed by atoms with Gasteiger partial charge in [0, 0.05) is 15.8 Å². The van der Waals surface area contributed by atoms with E-state index < -0.39 is 0 Å². The van der Waals surface area contributed by atoms with Gasteiger partial charge >= 0.3 is 5.97 Å². The monoisotopic (exact) mass is 225 g/mol. The van der Waals surface area contributed by atoms with Crippen LogP contribution in [-0.4, -0.2) is 18.3 Å². The SMILES string of the molecule is COC(=O)CC(C)Sc1ccccc1N. The van der Waals surface area contributed by atoms with Crippen molar-refractivity contribution in [1.82, 2.24) is 0 Å². The maximum atomic E-state index is 11.0. The van der Waals surface area contributed by atoms with Crippen molar-refractivity contribution < 1.29 is 9.53 Å². The minimum Gasteiger partial charge on any atom is -0.469 e. The van der Waals surface area contributed by atoms with Crippen LogP contribution in [0.3, 0.4) is 0 Å². The summed E-state index contributed by atoms with van der Waals surface area (Å²) in [6.45, 7) is 1.98. The van der Waals surface area contributed by atoms with Gasteiger partial charge in [-0.3, -0.25) is 4.79 Å². The Morgan fingerprint density at radius 1 is 1.53 bits per heavy atom. The van der Waals surface area contributed by atoms with Gasteiger partial charge in [-0.2, -0.15) is 0 Å². The highest BCUT2D eigenvalue weighted by Gasteiger charge is 2.11. The Morgan fingerprint density at radius 3 is 2.80 bits per heavy atom. The molecule has 0 aromatic heterocycles. The molecule has 82 valence electrons. The van der Waals surface area contributed by atoms with Crippen LogP contribution in [0, 0.1) is 0 Å². The first kappa shape index (κ1) is 11.9. The van der Waals surface area contributed by atoms with Crippen LogP contribution in [0.1, 0.15) is 13.3 Å². The van der Waals surface area contributed by atoms with Crippen LogP contribution < -0.4 is 5.73 Å². The number of methoxy groups -OCH3 is 1. The van der Waals surface area contributed by atoms with Crippen molar-refractivity contribution in [2.75, 3.05) is 12.8 Å². The van der Waals surface area contributed by atoms with Crippen molar-refractivity contribution in [3.8, 4) is 0 Å². The van der Waals surface area contributed by atoms with Gasteiger partial charge in [-0.15, -0.1) is 11.8 Å². The Morgan fingerprint density at radius 2 is 2.20 bits per heavy atom. The molecule has 0 amide bonds. The number of ether oxygens (including phenoxy) is 1. The van der Waals surface area contributed by atoms with Gasteiger partial charge in [-0.05, 0) is 12.1 Å². The smallest absolute Gasteiger partial charge is 0.306 e. The van der Waals surface area contributed by atoms with Crippen LogP contribution in [-0.2, 0) is 9.53 Å². The van der Waals surface area contributed by atoms with Crippen molar-refractivity contribution in [2.45, 2.75) is 23.5 Å². The molecule has 4 heteroatoms. The summed E-state index contributed by atoms with van der Waals surface area (Å²) >= 11 is 1.59. The van der Waals surface area contributed by atoms with E-state index in [4.69, 9.17) is 5.73 Å². The van der Waals surface area contributed by atoms with Gasteiger partial charge in [0.25, 0.3) is 0 Å². The zero-order chi connectivity index (χ0) is 11.3. The number of hydrogen-bond acceptors (Lipinski definition) is 4. The molecule has 0 saturated heterocycles. The van der Waals surface area contributed by atoms with Crippen LogP contribution in [0.4, 0.5) is 5.69 Å². The lowest BCUT2D eigenvalue weighted by Gasteiger charge is -2.11. The second kappa shape index (κ2) is 5.66. The third-order valence-electron chi connectivity index (χ3n) is 1.93. The number of nitrogen functional groups attached to an aromatic ring is 1. The maximum Gasteiger partial charge on any atom is 0.306 e. The molecular weight excluding hydrogens is 210 g/mol. The van der Waals surface area contributed by atoms with Crippen molar-refractivity contribution in [2.24, 2.45) is 0 Å². The van der Waals surface area contributed by atoms with E-state index in [9.17, 15) is 4.79 Å². The molecule has 1 atom stereocenters. The Hall–Kier alpha value is -1.16. The largest absolute Gasteiger partial charge is 0.469 e. The van der Waals surface area contributed by atoms with Crippen molar-refractivity contribution in [1.29, 1.82) is 0 Å². The number of rotatable bonds is 4. The maximum absolute atomic E-state index is 11.0. The van der Waals surface area contributed by atoms with Gasteiger partial charge in [0.15, 0.2) is 0 Å². The molecule has 1 aromatic carbocycles. The Balaban J connectivity index is 2.55. The van der Waals surface area contributed by atoms with Crippen LogP contribution in [0.25, 0.3) is 0 Å². The van der Waals surface area contributed by atoms with Gasteiger partial charge in [-0.1, -0.05) is 19.1 Å². The molecule has 1 aromatic rings.